The first-order valence-electron chi connectivity index (χ1n) is 7.38. The smallest absolute Gasteiger partial charge is 0.308 e. The van der Waals surface area contributed by atoms with Crippen molar-refractivity contribution in [3.63, 3.8) is 0 Å². The van der Waals surface area contributed by atoms with Crippen LogP contribution in [-0.2, 0) is 14.4 Å². The number of carboxylic acids is 1. The highest BCUT2D eigenvalue weighted by Crippen LogP contribution is 2.12. The van der Waals surface area contributed by atoms with Crippen molar-refractivity contribution < 1.29 is 19.5 Å². The third kappa shape index (κ3) is 7.68. The van der Waals surface area contributed by atoms with Crippen LogP contribution in [0.25, 0.3) is 0 Å². The number of aliphatic carboxylic acids is 1. The summed E-state index contributed by atoms with van der Waals surface area (Å²) in [6.07, 6.45) is 0.864. The third-order valence-electron chi connectivity index (χ3n) is 3.18. The second-order valence-electron chi connectivity index (χ2n) is 6.28. The molecule has 2 N–H and O–H groups in total. The molecular formula is C15H28N2O4. The van der Waals surface area contributed by atoms with E-state index in [0.29, 0.717) is 25.9 Å². The van der Waals surface area contributed by atoms with Gasteiger partial charge in [0.05, 0.1) is 5.92 Å². The highest BCUT2D eigenvalue weighted by molar-refractivity contribution is 5.81. The molecule has 0 rings (SSSR count). The maximum atomic E-state index is 12.0. The van der Waals surface area contributed by atoms with Crippen molar-refractivity contribution in [2.45, 2.75) is 47.5 Å². The van der Waals surface area contributed by atoms with Gasteiger partial charge in [0.25, 0.3) is 0 Å². The van der Waals surface area contributed by atoms with E-state index in [2.05, 4.69) is 5.32 Å². The lowest BCUT2D eigenvalue weighted by Gasteiger charge is -2.23. The molecule has 21 heavy (non-hydrogen) atoms. The number of nitrogens with zero attached hydrogens (tertiary/aromatic N) is 1. The number of amides is 2. The van der Waals surface area contributed by atoms with Gasteiger partial charge in [-0.05, 0) is 13.3 Å². The Hall–Kier alpha value is -1.59. The molecule has 0 fully saturated rings. The van der Waals surface area contributed by atoms with Crippen LogP contribution in [0.5, 0.6) is 0 Å². The predicted molar refractivity (Wildman–Crippen MR) is 80.8 cm³/mol. The standard InChI is InChI=1S/C15H28N2O4/c1-6-17(10-11(2)13(19)20)12(18)8-7-9-16-14(21)15(3,4)5/h11H,6-10H2,1-5H3,(H,16,21)(H,19,20)/t11-/m0/s1. The average molecular weight is 300 g/mol. The highest BCUT2D eigenvalue weighted by Gasteiger charge is 2.21. The minimum absolute atomic E-state index is 0.0400. The summed E-state index contributed by atoms with van der Waals surface area (Å²) in [5.41, 5.74) is -0.434. The normalized spacial score (nSPS) is 12.6. The summed E-state index contributed by atoms with van der Waals surface area (Å²) in [4.78, 5) is 36.0. The summed E-state index contributed by atoms with van der Waals surface area (Å²) in [6, 6.07) is 0. The van der Waals surface area contributed by atoms with E-state index < -0.39 is 17.3 Å². The topological polar surface area (TPSA) is 86.7 Å². The van der Waals surface area contributed by atoms with Gasteiger partial charge in [-0.1, -0.05) is 27.7 Å². The Bertz CT molecular complexity index is 374. The van der Waals surface area contributed by atoms with Gasteiger partial charge >= 0.3 is 5.97 Å². The number of hydrogen-bond acceptors (Lipinski definition) is 3. The first-order chi connectivity index (χ1) is 9.59. The van der Waals surface area contributed by atoms with Crippen molar-refractivity contribution in [2.24, 2.45) is 11.3 Å². The van der Waals surface area contributed by atoms with Crippen molar-refractivity contribution in [1.29, 1.82) is 0 Å². The van der Waals surface area contributed by atoms with Gasteiger partial charge in [0, 0.05) is 31.5 Å². The van der Waals surface area contributed by atoms with Crippen LogP contribution in [0.15, 0.2) is 0 Å². The molecule has 1 atom stereocenters. The minimum atomic E-state index is -0.904. The molecule has 0 aliphatic heterocycles. The first kappa shape index (κ1) is 19.4. The van der Waals surface area contributed by atoms with E-state index in [4.69, 9.17) is 5.11 Å². The van der Waals surface area contributed by atoms with Crippen LogP contribution in [0.4, 0.5) is 0 Å². The fourth-order valence-corrected chi connectivity index (χ4v) is 1.68. The fraction of sp³-hybridized carbons (Fsp3) is 0.800. The molecule has 2 amide bonds. The van der Waals surface area contributed by atoms with Crippen molar-refractivity contribution in [1.82, 2.24) is 10.2 Å². The SMILES string of the molecule is CCN(C[C@H](C)C(=O)O)C(=O)CCCNC(=O)C(C)(C)C. The van der Waals surface area contributed by atoms with Gasteiger partial charge < -0.3 is 15.3 Å². The first-order valence-corrected chi connectivity index (χ1v) is 7.38. The van der Waals surface area contributed by atoms with Crippen LogP contribution in [0.1, 0.15) is 47.5 Å². The molecule has 6 nitrogen and oxygen atoms in total. The molecule has 0 saturated carbocycles. The molecule has 0 saturated heterocycles. The van der Waals surface area contributed by atoms with Crippen LogP contribution >= 0.6 is 0 Å². The Labute approximate surface area is 126 Å². The molecule has 0 bridgehead atoms. The molecule has 0 aliphatic rings. The van der Waals surface area contributed by atoms with E-state index in [-0.39, 0.29) is 18.4 Å². The summed E-state index contributed by atoms with van der Waals surface area (Å²) < 4.78 is 0. The van der Waals surface area contributed by atoms with Crippen LogP contribution in [-0.4, -0.2) is 47.4 Å². The van der Waals surface area contributed by atoms with Gasteiger partial charge in [0.2, 0.25) is 11.8 Å². The molecule has 0 spiro atoms. The van der Waals surface area contributed by atoms with Gasteiger partial charge in [-0.25, -0.2) is 0 Å². The summed E-state index contributed by atoms with van der Waals surface area (Å²) in [5.74, 6) is -1.59. The Kier molecular flexibility index (Phi) is 7.99. The zero-order valence-corrected chi connectivity index (χ0v) is 13.7. The Morgan fingerprint density at radius 3 is 2.24 bits per heavy atom. The highest BCUT2D eigenvalue weighted by atomic mass is 16.4. The second-order valence-corrected chi connectivity index (χ2v) is 6.28. The monoisotopic (exact) mass is 300 g/mol. The van der Waals surface area contributed by atoms with E-state index in [1.165, 1.54) is 0 Å². The van der Waals surface area contributed by atoms with E-state index >= 15 is 0 Å². The Morgan fingerprint density at radius 2 is 1.81 bits per heavy atom. The van der Waals surface area contributed by atoms with E-state index in [0.717, 1.165) is 0 Å². The average Bonchev–Trinajstić information content (AvgIpc) is 2.38. The van der Waals surface area contributed by atoms with Crippen LogP contribution in [0, 0.1) is 11.3 Å². The number of carbonyl (C=O) groups is 3. The van der Waals surface area contributed by atoms with E-state index in [1.54, 1.807) is 11.8 Å². The van der Waals surface area contributed by atoms with Crippen LogP contribution in [0.3, 0.4) is 0 Å². The molecule has 0 aromatic rings. The maximum absolute atomic E-state index is 12.0. The molecule has 0 radical (unpaired) electrons. The number of hydrogen-bond donors (Lipinski definition) is 2. The fourth-order valence-electron chi connectivity index (χ4n) is 1.68. The van der Waals surface area contributed by atoms with E-state index in [9.17, 15) is 14.4 Å². The zero-order valence-electron chi connectivity index (χ0n) is 13.7. The molecule has 0 aliphatic carbocycles. The number of rotatable bonds is 8. The molecule has 0 unspecified atom stereocenters. The lowest BCUT2D eigenvalue weighted by Crippen LogP contribution is -2.38. The lowest BCUT2D eigenvalue weighted by atomic mass is 9.96. The van der Waals surface area contributed by atoms with Crippen molar-refractivity contribution >= 4 is 17.8 Å². The Balaban J connectivity index is 4.12. The molecule has 0 aromatic carbocycles. The van der Waals surface area contributed by atoms with Gasteiger partial charge in [0.15, 0.2) is 0 Å². The maximum Gasteiger partial charge on any atom is 0.308 e. The summed E-state index contributed by atoms with van der Waals surface area (Å²) >= 11 is 0. The quantitative estimate of drug-likeness (QED) is 0.665. The Morgan fingerprint density at radius 1 is 1.24 bits per heavy atom. The molecule has 0 heterocycles. The number of carbonyl (C=O) groups excluding carboxylic acids is 2. The van der Waals surface area contributed by atoms with Gasteiger partial charge in [-0.3, -0.25) is 14.4 Å². The summed E-state index contributed by atoms with van der Waals surface area (Å²) in [7, 11) is 0. The largest absolute Gasteiger partial charge is 0.481 e. The third-order valence-corrected chi connectivity index (χ3v) is 3.18. The lowest BCUT2D eigenvalue weighted by molar-refractivity contribution is -0.143. The van der Waals surface area contributed by atoms with Crippen molar-refractivity contribution in [3.8, 4) is 0 Å². The predicted octanol–water partition coefficient (Wildman–Crippen LogP) is 1.50. The van der Waals surface area contributed by atoms with Crippen molar-refractivity contribution in [3.05, 3.63) is 0 Å². The van der Waals surface area contributed by atoms with Gasteiger partial charge in [0.1, 0.15) is 0 Å². The van der Waals surface area contributed by atoms with Gasteiger partial charge in [-0.15, -0.1) is 0 Å². The summed E-state index contributed by atoms with van der Waals surface area (Å²) in [6.45, 7) is 10.1. The number of nitrogens with one attached hydrogen (secondary N) is 1. The molecule has 122 valence electrons. The minimum Gasteiger partial charge on any atom is -0.481 e. The summed E-state index contributed by atoms with van der Waals surface area (Å²) in [5, 5.41) is 11.7. The van der Waals surface area contributed by atoms with Crippen LogP contribution < -0.4 is 5.32 Å². The molecular weight excluding hydrogens is 272 g/mol. The van der Waals surface area contributed by atoms with E-state index in [1.807, 2.05) is 27.7 Å². The molecule has 0 aromatic heterocycles. The second kappa shape index (κ2) is 8.64. The zero-order chi connectivity index (χ0) is 16.6. The van der Waals surface area contributed by atoms with Gasteiger partial charge in [-0.2, -0.15) is 0 Å². The number of carboxylic acid groups (broad SMARTS) is 1. The molecule has 6 heteroatoms. The van der Waals surface area contributed by atoms with Crippen LogP contribution in [0.2, 0.25) is 0 Å². The van der Waals surface area contributed by atoms with Crippen molar-refractivity contribution in [2.75, 3.05) is 19.6 Å².